The Morgan fingerprint density at radius 3 is 2.88 bits per heavy atom. The second-order valence-electron chi connectivity index (χ2n) is 4.51. The van der Waals surface area contributed by atoms with Crippen LogP contribution in [0.1, 0.15) is 26.0 Å². The van der Waals surface area contributed by atoms with Crippen molar-refractivity contribution in [1.29, 1.82) is 5.26 Å². The van der Waals surface area contributed by atoms with Crippen molar-refractivity contribution in [2.24, 2.45) is 5.41 Å². The molecule has 16 heavy (non-hydrogen) atoms. The quantitative estimate of drug-likeness (QED) is 0.792. The van der Waals surface area contributed by atoms with Gasteiger partial charge in [0.2, 0.25) is 0 Å². The monoisotopic (exact) mass is 219 g/mol. The average molecular weight is 219 g/mol. The molecule has 0 atom stereocenters. The molecule has 0 saturated carbocycles. The number of rotatable bonds is 5. The van der Waals surface area contributed by atoms with Crippen molar-refractivity contribution in [3.05, 3.63) is 23.9 Å². The molecule has 1 aromatic rings. The lowest BCUT2D eigenvalue weighted by Crippen LogP contribution is -2.24. The molecule has 0 spiro atoms. The fourth-order valence-corrected chi connectivity index (χ4v) is 1.32. The Morgan fingerprint density at radius 1 is 1.50 bits per heavy atom. The van der Waals surface area contributed by atoms with E-state index in [0.717, 1.165) is 13.0 Å². The van der Waals surface area contributed by atoms with Crippen molar-refractivity contribution in [1.82, 2.24) is 4.98 Å². The van der Waals surface area contributed by atoms with Crippen LogP contribution in [0.5, 0.6) is 0 Å². The highest BCUT2D eigenvalue weighted by molar-refractivity contribution is 5.38. The average Bonchev–Trinajstić information content (AvgIpc) is 2.27. The van der Waals surface area contributed by atoms with Crippen LogP contribution < -0.4 is 5.32 Å². The Labute approximate surface area is 95.9 Å². The highest BCUT2D eigenvalue weighted by atomic mass is 16.3. The van der Waals surface area contributed by atoms with E-state index in [2.05, 4.69) is 24.1 Å². The molecule has 0 aliphatic rings. The van der Waals surface area contributed by atoms with Crippen LogP contribution in [-0.4, -0.2) is 23.2 Å². The van der Waals surface area contributed by atoms with Gasteiger partial charge in [-0.3, -0.25) is 0 Å². The van der Waals surface area contributed by atoms with E-state index in [0.29, 0.717) is 11.5 Å². The zero-order valence-electron chi connectivity index (χ0n) is 9.70. The summed E-state index contributed by atoms with van der Waals surface area (Å²) in [5.74, 6) is 0.699. The van der Waals surface area contributed by atoms with E-state index < -0.39 is 0 Å². The summed E-state index contributed by atoms with van der Waals surface area (Å²) in [7, 11) is 0. The van der Waals surface area contributed by atoms with E-state index in [1.807, 2.05) is 12.1 Å². The van der Waals surface area contributed by atoms with Gasteiger partial charge in [-0.05, 0) is 24.0 Å². The number of aliphatic hydroxyl groups excluding tert-OH is 1. The smallest absolute Gasteiger partial charge is 0.142 e. The third-order valence-corrected chi connectivity index (χ3v) is 2.40. The number of hydrogen-bond acceptors (Lipinski definition) is 4. The zero-order valence-corrected chi connectivity index (χ0v) is 9.70. The van der Waals surface area contributed by atoms with Crippen LogP contribution in [0.3, 0.4) is 0 Å². The summed E-state index contributed by atoms with van der Waals surface area (Å²) in [6, 6.07) is 7.30. The van der Waals surface area contributed by atoms with Gasteiger partial charge in [-0.25, -0.2) is 4.98 Å². The lowest BCUT2D eigenvalue weighted by molar-refractivity contribution is 0.220. The van der Waals surface area contributed by atoms with Gasteiger partial charge in [-0.1, -0.05) is 19.9 Å². The number of aliphatic hydroxyl groups is 1. The Kier molecular flexibility index (Phi) is 4.27. The second-order valence-corrected chi connectivity index (χ2v) is 4.51. The molecule has 2 N–H and O–H groups in total. The van der Waals surface area contributed by atoms with Crippen molar-refractivity contribution >= 4 is 5.82 Å². The van der Waals surface area contributed by atoms with Crippen LogP contribution >= 0.6 is 0 Å². The van der Waals surface area contributed by atoms with Crippen molar-refractivity contribution in [3.8, 4) is 6.07 Å². The topological polar surface area (TPSA) is 68.9 Å². The molecule has 0 amide bonds. The fraction of sp³-hybridized carbons (Fsp3) is 0.500. The Bertz CT molecular complexity index is 382. The molecule has 4 nitrogen and oxygen atoms in total. The number of hydrogen-bond donors (Lipinski definition) is 2. The Balaban J connectivity index is 2.58. The number of nitrogens with zero attached hydrogens (tertiary/aromatic N) is 2. The molecule has 0 saturated heterocycles. The third-order valence-electron chi connectivity index (χ3n) is 2.40. The minimum absolute atomic E-state index is 0.0130. The fourth-order valence-electron chi connectivity index (χ4n) is 1.32. The first kappa shape index (κ1) is 12.5. The lowest BCUT2D eigenvalue weighted by Gasteiger charge is -2.24. The summed E-state index contributed by atoms with van der Waals surface area (Å²) in [4.78, 5) is 4.12. The van der Waals surface area contributed by atoms with E-state index in [4.69, 9.17) is 10.4 Å². The van der Waals surface area contributed by atoms with E-state index in [1.54, 1.807) is 12.1 Å². The zero-order chi connectivity index (χ0) is 12.0. The summed E-state index contributed by atoms with van der Waals surface area (Å²) < 4.78 is 0. The van der Waals surface area contributed by atoms with Gasteiger partial charge < -0.3 is 10.4 Å². The standard InChI is InChI=1S/C12H17N3O/c1-12(2,6-7-16)9-14-11-5-3-4-10(8-13)15-11/h3-5,16H,6-7,9H2,1-2H3,(H,14,15). The van der Waals surface area contributed by atoms with Crippen LogP contribution in [0, 0.1) is 16.7 Å². The molecule has 86 valence electrons. The normalized spacial score (nSPS) is 10.9. The minimum Gasteiger partial charge on any atom is -0.396 e. The van der Waals surface area contributed by atoms with Gasteiger partial charge in [0.05, 0.1) is 0 Å². The van der Waals surface area contributed by atoms with Crippen LogP contribution in [-0.2, 0) is 0 Å². The van der Waals surface area contributed by atoms with Gasteiger partial charge in [-0.2, -0.15) is 5.26 Å². The number of pyridine rings is 1. The maximum Gasteiger partial charge on any atom is 0.142 e. The number of nitriles is 1. The van der Waals surface area contributed by atoms with Crippen LogP contribution in [0.4, 0.5) is 5.82 Å². The first-order valence-electron chi connectivity index (χ1n) is 5.29. The maximum absolute atomic E-state index is 8.89. The number of anilines is 1. The van der Waals surface area contributed by atoms with E-state index >= 15 is 0 Å². The maximum atomic E-state index is 8.89. The first-order valence-corrected chi connectivity index (χ1v) is 5.29. The molecule has 0 bridgehead atoms. The summed E-state index contributed by atoms with van der Waals surface area (Å²) in [5.41, 5.74) is 0.420. The van der Waals surface area contributed by atoms with Gasteiger partial charge in [0.25, 0.3) is 0 Å². The Hall–Kier alpha value is -1.60. The van der Waals surface area contributed by atoms with Gasteiger partial charge in [-0.15, -0.1) is 0 Å². The van der Waals surface area contributed by atoms with Crippen LogP contribution in [0.15, 0.2) is 18.2 Å². The Morgan fingerprint density at radius 2 is 2.25 bits per heavy atom. The lowest BCUT2D eigenvalue weighted by atomic mass is 9.90. The molecule has 0 aliphatic carbocycles. The molecular weight excluding hydrogens is 202 g/mol. The third kappa shape index (κ3) is 3.87. The van der Waals surface area contributed by atoms with E-state index in [-0.39, 0.29) is 12.0 Å². The van der Waals surface area contributed by atoms with Gasteiger partial charge in [0.15, 0.2) is 0 Å². The summed E-state index contributed by atoms with van der Waals surface area (Å²) in [5, 5.41) is 20.8. The van der Waals surface area contributed by atoms with Crippen molar-refractivity contribution in [2.45, 2.75) is 20.3 Å². The molecule has 4 heteroatoms. The molecule has 0 aromatic carbocycles. The van der Waals surface area contributed by atoms with Crippen molar-refractivity contribution < 1.29 is 5.11 Å². The van der Waals surface area contributed by atoms with E-state index in [9.17, 15) is 0 Å². The molecule has 1 rings (SSSR count). The highest BCUT2D eigenvalue weighted by Crippen LogP contribution is 2.20. The molecule has 0 radical (unpaired) electrons. The van der Waals surface area contributed by atoms with Crippen LogP contribution in [0.25, 0.3) is 0 Å². The second kappa shape index (κ2) is 5.47. The predicted molar refractivity (Wildman–Crippen MR) is 62.9 cm³/mol. The van der Waals surface area contributed by atoms with Crippen molar-refractivity contribution in [3.63, 3.8) is 0 Å². The molecule has 0 aliphatic heterocycles. The summed E-state index contributed by atoms with van der Waals surface area (Å²) >= 11 is 0. The van der Waals surface area contributed by atoms with E-state index in [1.165, 1.54) is 0 Å². The van der Waals surface area contributed by atoms with Crippen LogP contribution in [0.2, 0.25) is 0 Å². The highest BCUT2D eigenvalue weighted by Gasteiger charge is 2.16. The number of nitrogens with one attached hydrogen (secondary N) is 1. The summed E-state index contributed by atoms with van der Waals surface area (Å²) in [6.45, 7) is 5.05. The molecule has 0 fully saturated rings. The predicted octanol–water partition coefficient (Wildman–Crippen LogP) is 1.77. The largest absolute Gasteiger partial charge is 0.396 e. The SMILES string of the molecule is CC(C)(CCO)CNc1cccc(C#N)n1. The van der Waals surface area contributed by atoms with Gasteiger partial charge in [0.1, 0.15) is 17.6 Å². The summed E-state index contributed by atoms with van der Waals surface area (Å²) in [6.07, 6.45) is 0.734. The minimum atomic E-state index is 0.0130. The molecule has 1 aromatic heterocycles. The van der Waals surface area contributed by atoms with Crippen molar-refractivity contribution in [2.75, 3.05) is 18.5 Å². The number of aromatic nitrogens is 1. The first-order chi connectivity index (χ1) is 7.57. The molecule has 0 unspecified atom stereocenters. The molecule has 1 heterocycles. The molecular formula is C12H17N3O. The van der Waals surface area contributed by atoms with Gasteiger partial charge >= 0.3 is 0 Å². The van der Waals surface area contributed by atoms with Gasteiger partial charge in [0, 0.05) is 13.2 Å².